The third-order valence-corrected chi connectivity index (χ3v) is 7.31. The van der Waals surface area contributed by atoms with Crippen LogP contribution in [0.1, 0.15) is 66.5 Å². The number of fused-ring (bicyclic) bond motifs is 1. The van der Waals surface area contributed by atoms with Crippen LogP contribution in [0.5, 0.6) is 0 Å². The van der Waals surface area contributed by atoms with Crippen LogP contribution in [0, 0.1) is 11.8 Å². The minimum atomic E-state index is -1.02. The zero-order valence-corrected chi connectivity index (χ0v) is 17.9. The Morgan fingerprint density at radius 1 is 1.37 bits per heavy atom. The average Bonchev–Trinajstić information content (AvgIpc) is 3.34. The molecule has 0 spiro atoms. The van der Waals surface area contributed by atoms with E-state index >= 15 is 0 Å². The van der Waals surface area contributed by atoms with Gasteiger partial charge in [-0.15, -0.1) is 11.3 Å². The van der Waals surface area contributed by atoms with Crippen molar-refractivity contribution in [3.05, 3.63) is 52.2 Å². The highest BCUT2D eigenvalue weighted by atomic mass is 32.1. The molecule has 0 radical (unpaired) electrons. The van der Waals surface area contributed by atoms with Crippen LogP contribution >= 0.6 is 11.3 Å². The number of aromatic carboxylic acids is 1. The first-order valence-electron chi connectivity index (χ1n) is 10.7. The molecule has 0 aromatic carbocycles. The zero-order chi connectivity index (χ0) is 21.1. The van der Waals surface area contributed by atoms with Crippen molar-refractivity contribution in [2.45, 2.75) is 63.3 Å². The molecule has 3 aliphatic rings. The molecule has 2 fully saturated rings. The van der Waals surface area contributed by atoms with Gasteiger partial charge in [-0.1, -0.05) is 18.7 Å². The summed E-state index contributed by atoms with van der Waals surface area (Å²) < 4.78 is 12.4. The summed E-state index contributed by atoms with van der Waals surface area (Å²) in [4.78, 5) is 15.3. The van der Waals surface area contributed by atoms with Crippen molar-refractivity contribution < 1.29 is 24.5 Å². The number of ether oxygens (including phenoxy) is 2. The normalized spacial score (nSPS) is 34.8. The molecular formula is C23H29NO5S. The highest BCUT2D eigenvalue weighted by Gasteiger charge is 2.47. The van der Waals surface area contributed by atoms with E-state index in [4.69, 9.17) is 14.6 Å². The third kappa shape index (κ3) is 4.68. The van der Waals surface area contributed by atoms with Crippen molar-refractivity contribution in [3.63, 3.8) is 0 Å². The van der Waals surface area contributed by atoms with Crippen molar-refractivity contribution in [3.8, 4) is 0 Å². The van der Waals surface area contributed by atoms with Gasteiger partial charge in [0.05, 0.1) is 18.8 Å². The molecule has 2 aliphatic carbocycles. The first-order chi connectivity index (χ1) is 14.5. The predicted molar refractivity (Wildman–Crippen MR) is 114 cm³/mol. The highest BCUT2D eigenvalue weighted by molar-refractivity contribution is 7.09. The molecule has 0 unspecified atom stereocenters. The highest BCUT2D eigenvalue weighted by Crippen LogP contribution is 2.46. The molecule has 0 amide bonds. The predicted octanol–water partition coefficient (Wildman–Crippen LogP) is 4.65. The van der Waals surface area contributed by atoms with E-state index in [0.29, 0.717) is 18.0 Å². The van der Waals surface area contributed by atoms with Gasteiger partial charge >= 0.3 is 5.97 Å². The maximum atomic E-state index is 11.1. The molecular weight excluding hydrogens is 402 g/mol. The quantitative estimate of drug-likeness (QED) is 0.706. The number of hydrogen-bond donors (Lipinski definition) is 2. The number of carboxylic acid groups (broad SMARTS) is 1. The fourth-order valence-electron chi connectivity index (χ4n) is 4.71. The maximum Gasteiger partial charge on any atom is 0.355 e. The number of carboxylic acids is 1. The molecule has 0 bridgehead atoms. The van der Waals surface area contributed by atoms with Crippen LogP contribution in [0.4, 0.5) is 0 Å². The van der Waals surface area contributed by atoms with Gasteiger partial charge < -0.3 is 19.7 Å². The van der Waals surface area contributed by atoms with Crippen LogP contribution in [0.15, 0.2) is 41.5 Å². The van der Waals surface area contributed by atoms with Gasteiger partial charge in [-0.2, -0.15) is 0 Å². The number of aliphatic hydroxyl groups is 1. The van der Waals surface area contributed by atoms with E-state index in [1.54, 1.807) is 5.38 Å². The van der Waals surface area contributed by atoms with E-state index in [1.807, 2.05) is 12.2 Å². The number of thiazole rings is 1. The molecule has 1 aromatic rings. The monoisotopic (exact) mass is 431 g/mol. The van der Waals surface area contributed by atoms with Crippen LogP contribution in [0.25, 0.3) is 0 Å². The topological polar surface area (TPSA) is 88.9 Å². The lowest BCUT2D eigenvalue weighted by atomic mass is 9.87. The van der Waals surface area contributed by atoms with E-state index in [1.165, 1.54) is 11.3 Å². The minimum absolute atomic E-state index is 0.0205. The number of aliphatic hydroxyl groups excluding tert-OH is 1. The van der Waals surface area contributed by atoms with Crippen LogP contribution in [-0.4, -0.2) is 40.0 Å². The van der Waals surface area contributed by atoms with Crippen molar-refractivity contribution in [2.75, 3.05) is 6.61 Å². The van der Waals surface area contributed by atoms with Gasteiger partial charge in [0.25, 0.3) is 0 Å². The van der Waals surface area contributed by atoms with Crippen molar-refractivity contribution in [1.82, 2.24) is 4.98 Å². The smallest absolute Gasteiger partial charge is 0.355 e. The van der Waals surface area contributed by atoms with Gasteiger partial charge in [-0.3, -0.25) is 0 Å². The molecule has 1 aromatic heterocycles. The molecule has 7 heteroatoms. The summed E-state index contributed by atoms with van der Waals surface area (Å²) >= 11 is 1.33. The average molecular weight is 432 g/mol. The van der Waals surface area contributed by atoms with Crippen LogP contribution < -0.4 is 0 Å². The van der Waals surface area contributed by atoms with E-state index in [2.05, 4.69) is 17.6 Å². The second-order valence-electron chi connectivity index (χ2n) is 8.37. The molecule has 6 nitrogen and oxygen atoms in total. The minimum Gasteiger partial charge on any atom is -0.493 e. The Morgan fingerprint density at radius 2 is 2.23 bits per heavy atom. The Bertz CT molecular complexity index is 844. The molecule has 162 valence electrons. The maximum absolute atomic E-state index is 11.1. The fraction of sp³-hybridized carbons (Fsp3) is 0.565. The van der Waals surface area contributed by atoms with Crippen LogP contribution in [0.3, 0.4) is 0 Å². The summed E-state index contributed by atoms with van der Waals surface area (Å²) in [6.45, 7) is 4.63. The van der Waals surface area contributed by atoms with E-state index in [-0.39, 0.29) is 29.7 Å². The Labute approximate surface area is 180 Å². The summed E-state index contributed by atoms with van der Waals surface area (Å²) in [5.41, 5.74) is 1.08. The summed E-state index contributed by atoms with van der Waals surface area (Å²) in [5, 5.41) is 22.0. The molecule has 2 heterocycles. The number of rotatable bonds is 5. The lowest BCUT2D eigenvalue weighted by Crippen LogP contribution is -2.32. The summed E-state index contributed by atoms with van der Waals surface area (Å²) in [6.07, 6.45) is 12.0. The lowest BCUT2D eigenvalue weighted by Gasteiger charge is -2.34. The molecule has 1 aliphatic heterocycles. The molecule has 2 N–H and O–H groups in total. The Kier molecular flexibility index (Phi) is 6.71. The van der Waals surface area contributed by atoms with E-state index in [9.17, 15) is 9.90 Å². The molecule has 30 heavy (non-hydrogen) atoms. The van der Waals surface area contributed by atoms with Gasteiger partial charge in [0, 0.05) is 17.7 Å². The van der Waals surface area contributed by atoms with Gasteiger partial charge in [0.1, 0.15) is 16.9 Å². The van der Waals surface area contributed by atoms with Crippen molar-refractivity contribution >= 4 is 17.3 Å². The molecule has 1 saturated heterocycles. The second-order valence-corrected chi connectivity index (χ2v) is 9.26. The van der Waals surface area contributed by atoms with Crippen LogP contribution in [-0.2, 0) is 9.47 Å². The summed E-state index contributed by atoms with van der Waals surface area (Å²) in [6, 6.07) is 0. The Balaban J connectivity index is 1.37. The standard InChI is InChI=1S/C23H29NO5S/c1-14-7-5-3-2-4-6-8-19(14)28-12-16-15-9-10-20(29-21(15)11-18(16)25)22-24-17(13-30-22)23(26)27/h4,6,8,13,15-16,18,20-21,25H,1-3,5,7,9-12H2,(H,26,27)/b6-4-,19-8+/t15-,16-,18-,20-,21+/m1/s1. The summed E-state index contributed by atoms with van der Waals surface area (Å²) in [7, 11) is 0. The van der Waals surface area contributed by atoms with Gasteiger partial charge in [-0.05, 0) is 56.1 Å². The van der Waals surface area contributed by atoms with Gasteiger partial charge in [0.15, 0.2) is 5.69 Å². The van der Waals surface area contributed by atoms with Crippen molar-refractivity contribution in [1.29, 1.82) is 0 Å². The van der Waals surface area contributed by atoms with Crippen molar-refractivity contribution in [2.24, 2.45) is 11.8 Å². The third-order valence-electron chi connectivity index (χ3n) is 6.38. The SMILES string of the molecule is C=C1CCCC/C=C\C=C/1OC[C@@H]1[C@H]2CC[C@H](c3nc(C(=O)O)cs3)O[C@H]2C[C@H]1O. The fourth-order valence-corrected chi connectivity index (χ4v) is 5.57. The zero-order valence-electron chi connectivity index (χ0n) is 17.0. The largest absolute Gasteiger partial charge is 0.493 e. The molecule has 5 atom stereocenters. The Morgan fingerprint density at radius 3 is 3.03 bits per heavy atom. The van der Waals surface area contributed by atoms with E-state index < -0.39 is 12.1 Å². The van der Waals surface area contributed by atoms with Gasteiger partial charge in [0.2, 0.25) is 0 Å². The molecule has 4 rings (SSSR count). The number of hydrogen-bond acceptors (Lipinski definition) is 6. The summed E-state index contributed by atoms with van der Waals surface area (Å²) in [5.74, 6) is 0.0563. The number of allylic oxidation sites excluding steroid dienone is 4. The first kappa shape index (κ1) is 21.3. The first-order valence-corrected chi connectivity index (χ1v) is 11.6. The van der Waals surface area contributed by atoms with Crippen LogP contribution in [0.2, 0.25) is 0 Å². The number of nitrogens with zero attached hydrogens (tertiary/aromatic N) is 1. The van der Waals surface area contributed by atoms with E-state index in [0.717, 1.165) is 49.9 Å². The number of carbonyl (C=O) groups is 1. The number of aromatic nitrogens is 1. The lowest BCUT2D eigenvalue weighted by molar-refractivity contribution is -0.0825. The Hall–Kier alpha value is -1.96. The van der Waals surface area contributed by atoms with Gasteiger partial charge in [-0.25, -0.2) is 9.78 Å². The second kappa shape index (κ2) is 9.45. The molecule has 1 saturated carbocycles.